The van der Waals surface area contributed by atoms with Crippen LogP contribution in [0.3, 0.4) is 0 Å². The van der Waals surface area contributed by atoms with E-state index in [1.807, 2.05) is 27.2 Å². The van der Waals surface area contributed by atoms with Gasteiger partial charge in [0.15, 0.2) is 0 Å². The van der Waals surface area contributed by atoms with E-state index < -0.39 is 20.0 Å². The lowest BCUT2D eigenvalue weighted by molar-refractivity contribution is -0.870. The van der Waals surface area contributed by atoms with Gasteiger partial charge in [0.25, 0.3) is 7.82 Å². The number of phosphoric acid groups is 1. The van der Waals surface area contributed by atoms with Crippen LogP contribution in [0.1, 0.15) is 284 Å². The van der Waals surface area contributed by atoms with Crippen LogP contribution in [0.4, 0.5) is 0 Å². The fourth-order valence-electron chi connectivity index (χ4n) is 8.57. The Hall–Kier alpha value is -0.760. The van der Waals surface area contributed by atoms with Gasteiger partial charge in [-0.25, -0.2) is 0 Å². The number of quaternary nitrogens is 1. The van der Waals surface area contributed by atoms with Gasteiger partial charge in [-0.3, -0.25) is 9.36 Å². The van der Waals surface area contributed by atoms with Crippen molar-refractivity contribution in [2.45, 2.75) is 296 Å². The quantitative estimate of drug-likeness (QED) is 0.0272. The summed E-state index contributed by atoms with van der Waals surface area (Å²) >= 11 is 0. The highest BCUT2D eigenvalue weighted by Gasteiger charge is 2.23. The van der Waals surface area contributed by atoms with Crippen LogP contribution in [0.15, 0.2) is 12.2 Å². The number of allylic oxidation sites excluding steroid dienone is 1. The highest BCUT2D eigenvalue weighted by molar-refractivity contribution is 7.45. The monoisotopic (exact) mass is 927 g/mol. The maximum atomic E-state index is 12.9. The third kappa shape index (κ3) is 49.2. The van der Waals surface area contributed by atoms with Gasteiger partial charge >= 0.3 is 0 Å². The summed E-state index contributed by atoms with van der Waals surface area (Å²) in [4.78, 5) is 25.5. The topological polar surface area (TPSA) is 108 Å². The number of aliphatic hydroxyl groups is 1. The number of likely N-dealkylation sites (N-methyl/N-ethyl adjacent to an activating group) is 1. The van der Waals surface area contributed by atoms with Crippen molar-refractivity contribution in [1.29, 1.82) is 0 Å². The van der Waals surface area contributed by atoms with Gasteiger partial charge in [0.1, 0.15) is 13.2 Å². The van der Waals surface area contributed by atoms with Gasteiger partial charge in [0, 0.05) is 6.42 Å². The normalized spacial score (nSPS) is 14.0. The first kappa shape index (κ1) is 63.2. The number of carbonyl (C=O) groups is 1. The number of nitrogens with one attached hydrogen (secondary N) is 1. The Morgan fingerprint density at radius 2 is 0.844 bits per heavy atom. The Kier molecular flexibility index (Phi) is 46.8. The molecule has 3 unspecified atom stereocenters. The van der Waals surface area contributed by atoms with Crippen LogP contribution in [0.25, 0.3) is 0 Å². The number of amides is 1. The van der Waals surface area contributed by atoms with Gasteiger partial charge in [0.2, 0.25) is 5.91 Å². The second-order valence-corrected chi connectivity index (χ2v) is 22.1. The van der Waals surface area contributed by atoms with E-state index in [0.29, 0.717) is 17.4 Å². The molecular weight excluding hydrogens is 816 g/mol. The van der Waals surface area contributed by atoms with E-state index in [-0.39, 0.29) is 19.1 Å². The number of hydrogen-bond donors (Lipinski definition) is 2. The van der Waals surface area contributed by atoms with Crippen LogP contribution >= 0.6 is 7.82 Å². The summed E-state index contributed by atoms with van der Waals surface area (Å²) in [6, 6.07) is -0.881. The largest absolute Gasteiger partial charge is 0.756 e. The van der Waals surface area contributed by atoms with E-state index >= 15 is 0 Å². The summed E-state index contributed by atoms with van der Waals surface area (Å²) in [6.45, 7) is 4.70. The first-order chi connectivity index (χ1) is 31.0. The molecule has 9 heteroatoms. The van der Waals surface area contributed by atoms with E-state index in [4.69, 9.17) is 9.05 Å². The van der Waals surface area contributed by atoms with Gasteiger partial charge in [-0.05, 0) is 19.3 Å². The molecule has 0 fully saturated rings. The number of rotatable bonds is 52. The Labute approximate surface area is 399 Å². The number of hydrogen-bond acceptors (Lipinski definition) is 6. The minimum atomic E-state index is -4.59. The zero-order chi connectivity index (χ0) is 47.1. The molecule has 0 spiro atoms. The summed E-state index contributed by atoms with van der Waals surface area (Å²) in [6.07, 6.45) is 57.0. The maximum Gasteiger partial charge on any atom is 0.268 e. The molecule has 0 saturated carbocycles. The number of aliphatic hydroxyl groups excluding tert-OH is 1. The van der Waals surface area contributed by atoms with Crippen LogP contribution in [0.5, 0.6) is 0 Å². The third-order valence-corrected chi connectivity index (χ3v) is 14.0. The molecule has 0 rings (SSSR count). The van der Waals surface area contributed by atoms with Crippen molar-refractivity contribution in [2.75, 3.05) is 40.9 Å². The molecule has 0 heterocycles. The molecular formula is C55H111N2O6P. The fraction of sp³-hybridized carbons (Fsp3) is 0.945. The average molecular weight is 927 g/mol. The van der Waals surface area contributed by atoms with Crippen molar-refractivity contribution in [3.8, 4) is 0 Å². The molecule has 0 aromatic heterocycles. The van der Waals surface area contributed by atoms with E-state index in [1.54, 1.807) is 6.08 Å². The minimum absolute atomic E-state index is 0.00263. The molecule has 1 amide bonds. The van der Waals surface area contributed by atoms with Crippen molar-refractivity contribution >= 4 is 13.7 Å². The van der Waals surface area contributed by atoms with Crippen LogP contribution < -0.4 is 10.2 Å². The molecule has 0 aliphatic carbocycles. The number of nitrogens with zero attached hydrogens (tertiary/aromatic N) is 1. The van der Waals surface area contributed by atoms with Crippen molar-refractivity contribution in [2.24, 2.45) is 0 Å². The SMILES string of the molecule is CCCCCCCCCCCCCCCCCCC/C=C/C(O)C(COP(=O)([O-])OCC[N+](C)(C)C)NC(=O)CCCCCCCCCCCCCCCCCCCCCCCCC. The van der Waals surface area contributed by atoms with Crippen molar-refractivity contribution in [3.05, 3.63) is 12.2 Å². The van der Waals surface area contributed by atoms with Crippen molar-refractivity contribution in [3.63, 3.8) is 0 Å². The standard InChI is InChI=1S/C55H111N2O6P/c1-6-8-10-12-14-16-18-20-22-24-26-27-28-29-31-33-35-37-39-41-43-45-47-49-55(59)56-53(52-63-64(60,61)62-51-50-57(3,4)5)54(58)48-46-44-42-40-38-36-34-32-30-25-23-21-19-17-15-13-11-9-7-2/h46,48,53-54,58H,6-45,47,49-52H2,1-5H3,(H-,56,59,60,61)/b48-46+. The highest BCUT2D eigenvalue weighted by Crippen LogP contribution is 2.38. The molecule has 2 N–H and O–H groups in total. The Morgan fingerprint density at radius 1 is 0.531 bits per heavy atom. The van der Waals surface area contributed by atoms with E-state index in [9.17, 15) is 19.4 Å². The van der Waals surface area contributed by atoms with Crippen LogP contribution in [-0.4, -0.2) is 68.5 Å². The molecule has 0 aliphatic rings. The zero-order valence-electron chi connectivity index (χ0n) is 43.5. The minimum Gasteiger partial charge on any atom is -0.756 e. The lowest BCUT2D eigenvalue weighted by Crippen LogP contribution is -2.45. The van der Waals surface area contributed by atoms with Gasteiger partial charge in [-0.2, -0.15) is 0 Å². The highest BCUT2D eigenvalue weighted by atomic mass is 31.2. The molecule has 3 atom stereocenters. The third-order valence-electron chi connectivity index (χ3n) is 13.0. The summed E-state index contributed by atoms with van der Waals surface area (Å²) < 4.78 is 23.3. The summed E-state index contributed by atoms with van der Waals surface area (Å²) in [5, 5.41) is 13.9. The first-order valence-electron chi connectivity index (χ1n) is 28.1. The maximum absolute atomic E-state index is 12.9. The second-order valence-electron chi connectivity index (χ2n) is 20.7. The Bertz CT molecular complexity index is 1050. The summed E-state index contributed by atoms with van der Waals surface area (Å²) in [5.74, 6) is -0.190. The fourth-order valence-corrected chi connectivity index (χ4v) is 9.29. The van der Waals surface area contributed by atoms with Crippen molar-refractivity contribution < 1.29 is 32.9 Å². The van der Waals surface area contributed by atoms with Gasteiger partial charge in [-0.15, -0.1) is 0 Å². The van der Waals surface area contributed by atoms with Gasteiger partial charge in [-0.1, -0.05) is 270 Å². The zero-order valence-corrected chi connectivity index (χ0v) is 44.4. The molecule has 0 aliphatic heterocycles. The predicted octanol–water partition coefficient (Wildman–Crippen LogP) is 16.0. The van der Waals surface area contributed by atoms with Crippen LogP contribution in [-0.2, 0) is 18.4 Å². The number of carbonyl (C=O) groups excluding carboxylic acids is 1. The molecule has 64 heavy (non-hydrogen) atoms. The second kappa shape index (κ2) is 47.3. The van der Waals surface area contributed by atoms with Gasteiger partial charge < -0.3 is 28.8 Å². The number of unbranched alkanes of at least 4 members (excludes halogenated alkanes) is 39. The summed E-state index contributed by atoms with van der Waals surface area (Å²) in [7, 11) is 1.28. The number of phosphoric ester groups is 1. The molecule has 0 aromatic rings. The van der Waals surface area contributed by atoms with Crippen LogP contribution in [0.2, 0.25) is 0 Å². The van der Waals surface area contributed by atoms with Crippen LogP contribution in [0, 0.1) is 0 Å². The molecule has 0 aromatic carbocycles. The van der Waals surface area contributed by atoms with Gasteiger partial charge in [0.05, 0.1) is 39.9 Å². The molecule has 382 valence electrons. The molecule has 8 nitrogen and oxygen atoms in total. The smallest absolute Gasteiger partial charge is 0.268 e. The van der Waals surface area contributed by atoms with Crippen molar-refractivity contribution in [1.82, 2.24) is 5.32 Å². The van der Waals surface area contributed by atoms with E-state index in [2.05, 4.69) is 19.2 Å². The lowest BCUT2D eigenvalue weighted by atomic mass is 10.0. The molecule has 0 radical (unpaired) electrons. The lowest BCUT2D eigenvalue weighted by Gasteiger charge is -2.29. The van der Waals surface area contributed by atoms with E-state index in [0.717, 1.165) is 38.5 Å². The predicted molar refractivity (Wildman–Crippen MR) is 275 cm³/mol. The molecule has 0 saturated heterocycles. The Balaban J connectivity index is 4.19. The first-order valence-corrected chi connectivity index (χ1v) is 29.5. The molecule has 0 bridgehead atoms. The summed E-state index contributed by atoms with van der Waals surface area (Å²) in [5.41, 5.74) is 0. The Morgan fingerprint density at radius 3 is 1.17 bits per heavy atom. The average Bonchev–Trinajstić information content (AvgIpc) is 3.25. The van der Waals surface area contributed by atoms with E-state index in [1.165, 1.54) is 225 Å².